The van der Waals surface area contributed by atoms with Crippen molar-refractivity contribution in [3.63, 3.8) is 0 Å². The van der Waals surface area contributed by atoms with E-state index in [1.165, 1.54) is 11.3 Å². The normalized spacial score (nSPS) is 16.9. The van der Waals surface area contributed by atoms with Gasteiger partial charge in [0.15, 0.2) is 0 Å². The Bertz CT molecular complexity index is 388. The van der Waals surface area contributed by atoms with Crippen LogP contribution in [0.25, 0.3) is 0 Å². The average Bonchev–Trinajstić information content (AvgIpc) is 2.84. The van der Waals surface area contributed by atoms with Gasteiger partial charge in [-0.25, -0.2) is 4.79 Å². The molecule has 0 aliphatic carbocycles. The SMILES string of the molecule is O=C(O)c1sccc1CNCCN1CCOCC1. The zero-order valence-corrected chi connectivity index (χ0v) is 11.0. The van der Waals surface area contributed by atoms with Gasteiger partial charge in [0.25, 0.3) is 0 Å². The molecule has 0 spiro atoms. The summed E-state index contributed by atoms with van der Waals surface area (Å²) >= 11 is 1.28. The largest absolute Gasteiger partial charge is 0.477 e. The number of carboxylic acid groups (broad SMARTS) is 1. The Morgan fingerprint density at radius 2 is 2.28 bits per heavy atom. The second-order valence-corrected chi connectivity index (χ2v) is 5.13. The van der Waals surface area contributed by atoms with E-state index in [2.05, 4.69) is 10.2 Å². The molecule has 1 aromatic heterocycles. The van der Waals surface area contributed by atoms with Gasteiger partial charge in [-0.2, -0.15) is 0 Å². The van der Waals surface area contributed by atoms with Crippen molar-refractivity contribution >= 4 is 17.3 Å². The topological polar surface area (TPSA) is 61.8 Å². The molecule has 0 atom stereocenters. The molecule has 1 aliphatic rings. The molecule has 0 aromatic carbocycles. The predicted octanol–water partition coefficient (Wildman–Crippen LogP) is 0.868. The number of nitrogens with one attached hydrogen (secondary N) is 1. The molecule has 1 fully saturated rings. The minimum absolute atomic E-state index is 0.439. The maximum atomic E-state index is 10.9. The van der Waals surface area contributed by atoms with E-state index in [-0.39, 0.29) is 0 Å². The molecule has 0 amide bonds. The van der Waals surface area contributed by atoms with Gasteiger partial charge in [0.1, 0.15) is 4.88 Å². The molecular formula is C12H18N2O3S. The fourth-order valence-corrected chi connectivity index (χ4v) is 2.71. The van der Waals surface area contributed by atoms with E-state index >= 15 is 0 Å². The lowest BCUT2D eigenvalue weighted by atomic mass is 10.2. The van der Waals surface area contributed by atoms with Crippen molar-refractivity contribution < 1.29 is 14.6 Å². The molecular weight excluding hydrogens is 252 g/mol. The predicted molar refractivity (Wildman–Crippen MR) is 70.2 cm³/mol. The monoisotopic (exact) mass is 270 g/mol. The highest BCUT2D eigenvalue weighted by atomic mass is 32.1. The standard InChI is InChI=1S/C12H18N2O3S/c15-12(16)11-10(1-8-18-11)9-13-2-3-14-4-6-17-7-5-14/h1,8,13H,2-7,9H2,(H,15,16). The summed E-state index contributed by atoms with van der Waals surface area (Å²) in [6.07, 6.45) is 0. The third-order valence-electron chi connectivity index (χ3n) is 2.96. The Balaban J connectivity index is 1.68. The summed E-state index contributed by atoms with van der Waals surface area (Å²) in [5.41, 5.74) is 0.870. The molecule has 0 bridgehead atoms. The van der Waals surface area contributed by atoms with Crippen LogP contribution in [-0.4, -0.2) is 55.4 Å². The Kier molecular flexibility index (Phi) is 5.12. The molecule has 0 radical (unpaired) electrons. The smallest absolute Gasteiger partial charge is 0.346 e. The highest BCUT2D eigenvalue weighted by Gasteiger charge is 2.12. The van der Waals surface area contributed by atoms with Crippen molar-refractivity contribution in [1.82, 2.24) is 10.2 Å². The molecule has 2 N–H and O–H groups in total. The van der Waals surface area contributed by atoms with Crippen LogP contribution in [0.2, 0.25) is 0 Å². The van der Waals surface area contributed by atoms with Gasteiger partial charge in [0, 0.05) is 32.7 Å². The molecule has 5 nitrogen and oxygen atoms in total. The minimum atomic E-state index is -0.838. The fraction of sp³-hybridized carbons (Fsp3) is 0.583. The van der Waals surface area contributed by atoms with E-state index in [4.69, 9.17) is 9.84 Å². The van der Waals surface area contributed by atoms with Gasteiger partial charge in [-0.05, 0) is 17.0 Å². The van der Waals surface area contributed by atoms with Crippen LogP contribution in [0.1, 0.15) is 15.2 Å². The Morgan fingerprint density at radius 3 is 3.00 bits per heavy atom. The zero-order chi connectivity index (χ0) is 12.8. The number of aromatic carboxylic acids is 1. The maximum absolute atomic E-state index is 10.9. The zero-order valence-electron chi connectivity index (χ0n) is 10.2. The van der Waals surface area contributed by atoms with Crippen molar-refractivity contribution in [2.24, 2.45) is 0 Å². The fourth-order valence-electron chi connectivity index (χ4n) is 1.95. The van der Waals surface area contributed by atoms with Crippen LogP contribution in [0.5, 0.6) is 0 Å². The summed E-state index contributed by atoms with van der Waals surface area (Å²) in [7, 11) is 0. The lowest BCUT2D eigenvalue weighted by Crippen LogP contribution is -2.40. The third-order valence-corrected chi connectivity index (χ3v) is 3.91. The summed E-state index contributed by atoms with van der Waals surface area (Å²) in [6, 6.07) is 1.87. The van der Waals surface area contributed by atoms with Crippen LogP contribution in [0, 0.1) is 0 Å². The second kappa shape index (κ2) is 6.84. The summed E-state index contributed by atoms with van der Waals surface area (Å²) in [5, 5.41) is 14.1. The molecule has 6 heteroatoms. The number of carbonyl (C=O) groups is 1. The Hall–Kier alpha value is -0.950. The Morgan fingerprint density at radius 1 is 1.50 bits per heavy atom. The van der Waals surface area contributed by atoms with Crippen molar-refractivity contribution in [2.75, 3.05) is 39.4 Å². The van der Waals surface area contributed by atoms with E-state index in [1.807, 2.05) is 11.4 Å². The maximum Gasteiger partial charge on any atom is 0.346 e. The van der Waals surface area contributed by atoms with Crippen molar-refractivity contribution in [3.8, 4) is 0 Å². The quantitative estimate of drug-likeness (QED) is 0.751. The van der Waals surface area contributed by atoms with Crippen LogP contribution in [0.4, 0.5) is 0 Å². The van der Waals surface area contributed by atoms with Gasteiger partial charge in [0.05, 0.1) is 13.2 Å². The van der Waals surface area contributed by atoms with E-state index in [0.29, 0.717) is 11.4 Å². The molecule has 1 saturated heterocycles. The van der Waals surface area contributed by atoms with E-state index < -0.39 is 5.97 Å². The number of morpholine rings is 1. The molecule has 2 heterocycles. The van der Waals surface area contributed by atoms with E-state index in [1.54, 1.807) is 0 Å². The summed E-state index contributed by atoms with van der Waals surface area (Å²) in [4.78, 5) is 13.7. The first-order chi connectivity index (χ1) is 8.77. The summed E-state index contributed by atoms with van der Waals surface area (Å²) in [6.45, 7) is 6.07. The van der Waals surface area contributed by atoms with Gasteiger partial charge in [-0.1, -0.05) is 0 Å². The van der Waals surface area contributed by atoms with Crippen LogP contribution in [0.15, 0.2) is 11.4 Å². The number of hydrogen-bond donors (Lipinski definition) is 2. The number of ether oxygens (including phenoxy) is 1. The summed E-state index contributed by atoms with van der Waals surface area (Å²) in [5.74, 6) is -0.838. The lowest BCUT2D eigenvalue weighted by Gasteiger charge is -2.26. The van der Waals surface area contributed by atoms with Crippen LogP contribution < -0.4 is 5.32 Å². The van der Waals surface area contributed by atoms with Crippen molar-refractivity contribution in [2.45, 2.75) is 6.54 Å². The van der Waals surface area contributed by atoms with E-state index in [9.17, 15) is 4.79 Å². The molecule has 2 rings (SSSR count). The number of thiophene rings is 1. The number of carboxylic acids is 1. The molecule has 0 unspecified atom stereocenters. The van der Waals surface area contributed by atoms with Gasteiger partial charge in [0.2, 0.25) is 0 Å². The van der Waals surface area contributed by atoms with Gasteiger partial charge >= 0.3 is 5.97 Å². The first kappa shape index (κ1) is 13.5. The lowest BCUT2D eigenvalue weighted by molar-refractivity contribution is 0.0384. The minimum Gasteiger partial charge on any atom is -0.477 e. The highest BCUT2D eigenvalue weighted by Crippen LogP contribution is 2.16. The number of hydrogen-bond acceptors (Lipinski definition) is 5. The van der Waals surface area contributed by atoms with Crippen LogP contribution >= 0.6 is 11.3 Å². The van der Waals surface area contributed by atoms with Crippen LogP contribution in [0.3, 0.4) is 0 Å². The highest BCUT2D eigenvalue weighted by molar-refractivity contribution is 7.12. The summed E-state index contributed by atoms with van der Waals surface area (Å²) < 4.78 is 5.28. The molecule has 1 aromatic rings. The van der Waals surface area contributed by atoms with Crippen LogP contribution in [-0.2, 0) is 11.3 Å². The Labute approximate surface area is 110 Å². The first-order valence-corrected chi connectivity index (χ1v) is 6.96. The van der Waals surface area contributed by atoms with Crippen molar-refractivity contribution in [1.29, 1.82) is 0 Å². The van der Waals surface area contributed by atoms with Gasteiger partial charge < -0.3 is 15.2 Å². The van der Waals surface area contributed by atoms with Crippen molar-refractivity contribution in [3.05, 3.63) is 21.9 Å². The van der Waals surface area contributed by atoms with E-state index in [0.717, 1.165) is 45.0 Å². The second-order valence-electron chi connectivity index (χ2n) is 4.21. The molecule has 1 aliphatic heterocycles. The number of rotatable bonds is 6. The van der Waals surface area contributed by atoms with Gasteiger partial charge in [-0.3, -0.25) is 4.90 Å². The molecule has 100 valence electrons. The molecule has 0 saturated carbocycles. The number of nitrogens with zero attached hydrogens (tertiary/aromatic N) is 1. The first-order valence-electron chi connectivity index (χ1n) is 6.08. The third kappa shape index (κ3) is 3.78. The van der Waals surface area contributed by atoms with Gasteiger partial charge in [-0.15, -0.1) is 11.3 Å². The molecule has 18 heavy (non-hydrogen) atoms. The average molecular weight is 270 g/mol.